The molecule has 0 radical (unpaired) electrons. The fraction of sp³-hybridized carbons (Fsp3) is 0.650. The smallest absolute Gasteiger partial charge is 0.243 e. The van der Waals surface area contributed by atoms with E-state index in [9.17, 15) is 13.2 Å². The molecule has 1 N–H and O–H groups in total. The normalized spacial score (nSPS) is 16.7. The summed E-state index contributed by atoms with van der Waals surface area (Å²) in [4.78, 5) is 15.0. The summed E-state index contributed by atoms with van der Waals surface area (Å²) in [6.07, 6.45) is 5.84. The van der Waals surface area contributed by atoms with Crippen molar-refractivity contribution >= 4 is 21.6 Å². The van der Waals surface area contributed by atoms with Crippen molar-refractivity contribution in [2.24, 2.45) is 0 Å². The number of amides is 1. The number of rotatable bonds is 8. The zero-order chi connectivity index (χ0) is 20.0. The van der Waals surface area contributed by atoms with E-state index in [1.54, 1.807) is 6.92 Å². The van der Waals surface area contributed by atoms with Gasteiger partial charge in [0, 0.05) is 6.54 Å². The fourth-order valence-corrected chi connectivity index (χ4v) is 4.81. The van der Waals surface area contributed by atoms with E-state index in [2.05, 4.69) is 10.2 Å². The summed E-state index contributed by atoms with van der Waals surface area (Å²) in [7, 11) is -3.58. The van der Waals surface area contributed by atoms with Crippen molar-refractivity contribution in [2.75, 3.05) is 36.7 Å². The Kier molecular flexibility index (Phi) is 7.68. The Labute approximate surface area is 164 Å². The molecule has 0 saturated carbocycles. The summed E-state index contributed by atoms with van der Waals surface area (Å²) in [5, 5.41) is 2.91. The van der Waals surface area contributed by atoms with Crippen LogP contribution in [0.25, 0.3) is 0 Å². The van der Waals surface area contributed by atoms with Gasteiger partial charge in [-0.3, -0.25) is 9.10 Å². The number of carbonyl (C=O) groups excluding carboxylic acids is 1. The van der Waals surface area contributed by atoms with Gasteiger partial charge in [-0.1, -0.05) is 18.6 Å². The van der Waals surface area contributed by atoms with E-state index >= 15 is 0 Å². The number of sulfonamides is 1. The molecule has 6 nitrogen and oxygen atoms in total. The summed E-state index contributed by atoms with van der Waals surface area (Å²) in [6.45, 7) is 9.22. The van der Waals surface area contributed by atoms with Gasteiger partial charge in [0.1, 0.15) is 6.04 Å². The van der Waals surface area contributed by atoms with Crippen molar-refractivity contribution in [2.45, 2.75) is 52.5 Å². The molecule has 27 heavy (non-hydrogen) atoms. The topological polar surface area (TPSA) is 69.7 Å². The monoisotopic (exact) mass is 395 g/mol. The summed E-state index contributed by atoms with van der Waals surface area (Å²) in [5.74, 6) is -0.264. The molecule has 1 heterocycles. The number of benzene rings is 1. The highest BCUT2D eigenvalue weighted by Crippen LogP contribution is 2.26. The lowest BCUT2D eigenvalue weighted by Crippen LogP contribution is -2.48. The summed E-state index contributed by atoms with van der Waals surface area (Å²) in [6, 6.07) is 4.84. The molecule has 0 spiro atoms. The third-order valence-corrected chi connectivity index (χ3v) is 6.32. The molecule has 0 aromatic heterocycles. The van der Waals surface area contributed by atoms with Gasteiger partial charge in [0.2, 0.25) is 15.9 Å². The van der Waals surface area contributed by atoms with E-state index in [-0.39, 0.29) is 5.91 Å². The first-order chi connectivity index (χ1) is 12.7. The lowest BCUT2D eigenvalue weighted by molar-refractivity contribution is -0.121. The predicted molar refractivity (Wildman–Crippen MR) is 111 cm³/mol. The Morgan fingerprint density at radius 3 is 2.52 bits per heavy atom. The van der Waals surface area contributed by atoms with Crippen LogP contribution in [0.15, 0.2) is 18.2 Å². The maximum absolute atomic E-state index is 12.6. The molecule has 152 valence electrons. The molecule has 0 unspecified atom stereocenters. The van der Waals surface area contributed by atoms with Crippen LogP contribution >= 0.6 is 0 Å². The van der Waals surface area contributed by atoms with E-state index in [1.807, 2.05) is 32.0 Å². The van der Waals surface area contributed by atoms with Crippen LogP contribution < -0.4 is 9.62 Å². The number of nitrogens with one attached hydrogen (secondary N) is 1. The van der Waals surface area contributed by atoms with Crippen molar-refractivity contribution in [3.8, 4) is 0 Å². The number of carbonyl (C=O) groups is 1. The summed E-state index contributed by atoms with van der Waals surface area (Å²) >= 11 is 0. The molecular formula is C20H33N3O3S. The number of nitrogens with zero attached hydrogens (tertiary/aromatic N) is 2. The molecule has 1 aromatic rings. The largest absolute Gasteiger partial charge is 0.354 e. The van der Waals surface area contributed by atoms with Crippen LogP contribution in [0.2, 0.25) is 0 Å². The molecular weight excluding hydrogens is 362 g/mol. The van der Waals surface area contributed by atoms with E-state index < -0.39 is 16.1 Å². The maximum Gasteiger partial charge on any atom is 0.243 e. The molecule has 1 saturated heterocycles. The van der Waals surface area contributed by atoms with Crippen LogP contribution in [-0.4, -0.2) is 57.7 Å². The molecule has 1 aliphatic heterocycles. The van der Waals surface area contributed by atoms with Crippen molar-refractivity contribution < 1.29 is 13.2 Å². The van der Waals surface area contributed by atoms with E-state index in [4.69, 9.17) is 0 Å². The van der Waals surface area contributed by atoms with Gasteiger partial charge in [-0.15, -0.1) is 0 Å². The lowest BCUT2D eigenvalue weighted by atomic mass is 10.1. The van der Waals surface area contributed by atoms with Crippen molar-refractivity contribution in [1.82, 2.24) is 10.2 Å². The van der Waals surface area contributed by atoms with Crippen molar-refractivity contribution in [3.05, 3.63) is 29.3 Å². The molecule has 1 amide bonds. The summed E-state index contributed by atoms with van der Waals surface area (Å²) < 4.78 is 26.1. The number of hydrogen-bond donors (Lipinski definition) is 1. The minimum atomic E-state index is -3.58. The van der Waals surface area contributed by atoms with Gasteiger partial charge < -0.3 is 10.2 Å². The fourth-order valence-electron chi connectivity index (χ4n) is 3.58. The number of piperidine rings is 1. The van der Waals surface area contributed by atoms with Crippen LogP contribution in [0.3, 0.4) is 0 Å². The molecule has 7 heteroatoms. The molecule has 1 aromatic carbocycles. The molecule has 1 fully saturated rings. The van der Waals surface area contributed by atoms with Gasteiger partial charge in [0.05, 0.1) is 11.9 Å². The summed E-state index contributed by atoms with van der Waals surface area (Å²) in [5.41, 5.74) is 2.35. The second-order valence-corrected chi connectivity index (χ2v) is 9.43. The van der Waals surface area contributed by atoms with E-state index in [1.165, 1.54) is 23.6 Å². The second kappa shape index (κ2) is 9.55. The predicted octanol–water partition coefficient (Wildman–Crippen LogP) is 2.45. The quantitative estimate of drug-likeness (QED) is 0.687. The van der Waals surface area contributed by atoms with Gasteiger partial charge in [-0.2, -0.15) is 0 Å². The standard InChI is InChI=1S/C20H33N3O3S/c1-16-9-10-17(2)19(15-16)23(27(4,25)26)18(3)20(24)21-11-8-14-22-12-6-5-7-13-22/h9-10,15,18H,5-8,11-14H2,1-4H3,(H,21,24)/t18-/m1/s1. The average molecular weight is 396 g/mol. The zero-order valence-corrected chi connectivity index (χ0v) is 17.8. The Bertz CT molecular complexity index is 743. The molecule has 0 aliphatic carbocycles. The number of anilines is 1. The van der Waals surface area contributed by atoms with Gasteiger partial charge in [0.15, 0.2) is 0 Å². The Morgan fingerprint density at radius 2 is 1.89 bits per heavy atom. The minimum Gasteiger partial charge on any atom is -0.354 e. The number of likely N-dealkylation sites (tertiary alicyclic amines) is 1. The highest BCUT2D eigenvalue weighted by atomic mass is 32.2. The van der Waals surface area contributed by atoms with Crippen molar-refractivity contribution in [3.63, 3.8) is 0 Å². The van der Waals surface area contributed by atoms with Crippen LogP contribution in [0.5, 0.6) is 0 Å². The molecule has 0 bridgehead atoms. The van der Waals surface area contributed by atoms with E-state index in [0.29, 0.717) is 12.2 Å². The SMILES string of the molecule is Cc1ccc(C)c(N([C@H](C)C(=O)NCCCN2CCCCC2)S(C)(=O)=O)c1. The number of hydrogen-bond acceptors (Lipinski definition) is 4. The first kappa shape index (κ1) is 21.7. The van der Waals surface area contributed by atoms with E-state index in [0.717, 1.165) is 43.4 Å². The number of aryl methyl sites for hydroxylation is 2. The Balaban J connectivity index is 1.99. The van der Waals surface area contributed by atoms with Gasteiger partial charge in [-0.25, -0.2) is 8.42 Å². The average Bonchev–Trinajstić information content (AvgIpc) is 2.61. The highest BCUT2D eigenvalue weighted by molar-refractivity contribution is 7.92. The third-order valence-electron chi connectivity index (χ3n) is 5.09. The van der Waals surface area contributed by atoms with Gasteiger partial charge in [-0.05, 0) is 76.9 Å². The zero-order valence-electron chi connectivity index (χ0n) is 17.0. The molecule has 1 aliphatic rings. The molecule has 2 rings (SSSR count). The van der Waals surface area contributed by atoms with Crippen LogP contribution in [-0.2, 0) is 14.8 Å². The lowest BCUT2D eigenvalue weighted by Gasteiger charge is -2.30. The Hall–Kier alpha value is -1.60. The highest BCUT2D eigenvalue weighted by Gasteiger charge is 2.30. The van der Waals surface area contributed by atoms with Crippen LogP contribution in [0.1, 0.15) is 43.7 Å². The minimum absolute atomic E-state index is 0.264. The first-order valence-electron chi connectivity index (χ1n) is 9.77. The maximum atomic E-state index is 12.6. The first-order valence-corrected chi connectivity index (χ1v) is 11.6. The Morgan fingerprint density at radius 1 is 1.22 bits per heavy atom. The second-order valence-electron chi connectivity index (χ2n) is 7.57. The van der Waals surface area contributed by atoms with Crippen LogP contribution in [0, 0.1) is 13.8 Å². The van der Waals surface area contributed by atoms with Gasteiger partial charge in [0.25, 0.3) is 0 Å². The van der Waals surface area contributed by atoms with Crippen molar-refractivity contribution in [1.29, 1.82) is 0 Å². The van der Waals surface area contributed by atoms with Crippen LogP contribution in [0.4, 0.5) is 5.69 Å². The van der Waals surface area contributed by atoms with Gasteiger partial charge >= 0.3 is 0 Å². The molecule has 1 atom stereocenters. The third kappa shape index (κ3) is 6.21.